The van der Waals surface area contributed by atoms with Gasteiger partial charge in [0.1, 0.15) is 6.04 Å². The van der Waals surface area contributed by atoms with E-state index in [1.807, 2.05) is 0 Å². The van der Waals surface area contributed by atoms with Gasteiger partial charge >= 0.3 is 5.97 Å². The number of carboxylic acid groups (broad SMARTS) is 1. The van der Waals surface area contributed by atoms with Gasteiger partial charge in [0.2, 0.25) is 0 Å². The zero-order valence-corrected chi connectivity index (χ0v) is 11.7. The number of imide groups is 1. The predicted molar refractivity (Wildman–Crippen MR) is 71.3 cm³/mol. The number of carboxylic acids is 1. The molecule has 0 fully saturated rings. The highest BCUT2D eigenvalue weighted by Crippen LogP contribution is 2.28. The number of rotatable bonds is 5. The molecule has 0 aromatic heterocycles. The zero-order valence-electron chi connectivity index (χ0n) is 10.9. The second kappa shape index (κ2) is 5.80. The van der Waals surface area contributed by atoms with Gasteiger partial charge in [-0.05, 0) is 30.6 Å². The fourth-order valence-corrected chi connectivity index (χ4v) is 2.59. The number of amides is 2. The number of benzene rings is 1. The van der Waals surface area contributed by atoms with Crippen molar-refractivity contribution in [2.24, 2.45) is 0 Å². The van der Waals surface area contributed by atoms with E-state index < -0.39 is 35.5 Å². The lowest BCUT2D eigenvalue weighted by atomic mass is 10.1. The normalized spacial score (nSPS) is 15.3. The molecule has 5 nitrogen and oxygen atoms in total. The van der Waals surface area contributed by atoms with E-state index in [0.29, 0.717) is 22.8 Å². The van der Waals surface area contributed by atoms with Crippen LogP contribution in [0, 0.1) is 11.6 Å². The Hall–Kier alpha value is -1.96. The lowest BCUT2D eigenvalue weighted by Crippen LogP contribution is -2.45. The van der Waals surface area contributed by atoms with Crippen molar-refractivity contribution in [2.45, 2.75) is 12.5 Å². The molecule has 2 rings (SSSR count). The highest BCUT2D eigenvalue weighted by molar-refractivity contribution is 7.98. The molecule has 1 aromatic rings. The van der Waals surface area contributed by atoms with Crippen LogP contribution < -0.4 is 0 Å². The first-order valence-electron chi connectivity index (χ1n) is 5.97. The summed E-state index contributed by atoms with van der Waals surface area (Å²) in [5.41, 5.74) is -0.622. The van der Waals surface area contributed by atoms with Gasteiger partial charge in [-0.2, -0.15) is 11.8 Å². The van der Waals surface area contributed by atoms with Crippen molar-refractivity contribution in [3.05, 3.63) is 34.9 Å². The average Bonchev–Trinajstić information content (AvgIpc) is 2.65. The van der Waals surface area contributed by atoms with E-state index in [9.17, 15) is 28.3 Å². The first-order chi connectivity index (χ1) is 9.88. The van der Waals surface area contributed by atoms with E-state index in [0.717, 1.165) is 0 Å². The van der Waals surface area contributed by atoms with Crippen LogP contribution in [0.3, 0.4) is 0 Å². The van der Waals surface area contributed by atoms with Crippen LogP contribution in [0.15, 0.2) is 12.1 Å². The maximum Gasteiger partial charge on any atom is 0.326 e. The van der Waals surface area contributed by atoms with Crippen LogP contribution >= 0.6 is 11.8 Å². The predicted octanol–water partition coefficient (Wildman–Crippen LogP) is 1.77. The maximum absolute atomic E-state index is 13.2. The third kappa shape index (κ3) is 2.63. The molecule has 0 bridgehead atoms. The Labute approximate surface area is 122 Å². The number of carbonyl (C=O) groups is 3. The number of fused-ring (bicyclic) bond motifs is 1. The van der Waals surface area contributed by atoms with Crippen molar-refractivity contribution in [3.63, 3.8) is 0 Å². The SMILES string of the molecule is CSCCC(C(=O)O)N1C(=O)c2cc(F)c(F)cc2C1=O. The van der Waals surface area contributed by atoms with E-state index in [1.165, 1.54) is 11.8 Å². The van der Waals surface area contributed by atoms with E-state index in [-0.39, 0.29) is 17.5 Å². The molecular weight excluding hydrogens is 304 g/mol. The summed E-state index contributed by atoms with van der Waals surface area (Å²) < 4.78 is 26.4. The summed E-state index contributed by atoms with van der Waals surface area (Å²) in [5, 5.41) is 9.18. The smallest absolute Gasteiger partial charge is 0.326 e. The number of halogens is 2. The van der Waals surface area contributed by atoms with Crippen molar-refractivity contribution in [1.82, 2.24) is 4.90 Å². The van der Waals surface area contributed by atoms with Crippen molar-refractivity contribution >= 4 is 29.5 Å². The van der Waals surface area contributed by atoms with Crippen molar-refractivity contribution < 1.29 is 28.3 Å². The number of hydrogen-bond donors (Lipinski definition) is 1. The molecule has 0 radical (unpaired) electrons. The van der Waals surface area contributed by atoms with Gasteiger partial charge in [-0.3, -0.25) is 14.5 Å². The number of aliphatic carboxylic acids is 1. The molecule has 1 atom stereocenters. The first-order valence-corrected chi connectivity index (χ1v) is 7.36. The minimum absolute atomic E-state index is 0.0624. The maximum atomic E-state index is 13.2. The van der Waals surface area contributed by atoms with Gasteiger partial charge in [0, 0.05) is 0 Å². The highest BCUT2D eigenvalue weighted by atomic mass is 32.2. The van der Waals surface area contributed by atoms with E-state index in [2.05, 4.69) is 0 Å². The summed E-state index contributed by atoms with van der Waals surface area (Å²) in [6.45, 7) is 0. The molecular formula is C13H11F2NO4S. The highest BCUT2D eigenvalue weighted by Gasteiger charge is 2.43. The van der Waals surface area contributed by atoms with Crippen LogP contribution in [-0.4, -0.2) is 45.8 Å². The van der Waals surface area contributed by atoms with Crippen LogP contribution in [0.4, 0.5) is 8.78 Å². The van der Waals surface area contributed by atoms with Gasteiger partial charge in [0.25, 0.3) is 11.8 Å². The fourth-order valence-electron chi connectivity index (χ4n) is 2.13. The monoisotopic (exact) mass is 315 g/mol. The second-order valence-corrected chi connectivity index (χ2v) is 5.41. The molecule has 0 aliphatic carbocycles. The average molecular weight is 315 g/mol. The minimum Gasteiger partial charge on any atom is -0.480 e. The Morgan fingerprint density at radius 3 is 2.10 bits per heavy atom. The number of thioether (sulfide) groups is 1. The molecule has 1 aromatic carbocycles. The topological polar surface area (TPSA) is 74.7 Å². The number of carbonyl (C=O) groups excluding carboxylic acids is 2. The van der Waals surface area contributed by atoms with Crippen LogP contribution in [0.1, 0.15) is 27.1 Å². The molecule has 1 aliphatic heterocycles. The Morgan fingerprint density at radius 2 is 1.71 bits per heavy atom. The van der Waals surface area contributed by atoms with Gasteiger partial charge in [-0.15, -0.1) is 0 Å². The summed E-state index contributed by atoms with van der Waals surface area (Å²) >= 11 is 1.36. The first kappa shape index (κ1) is 15.4. The summed E-state index contributed by atoms with van der Waals surface area (Å²) in [5.74, 6) is -5.25. The van der Waals surface area contributed by atoms with Gasteiger partial charge in [0.15, 0.2) is 11.6 Å². The molecule has 0 saturated carbocycles. The standard InChI is InChI=1S/C13H11F2NO4S/c1-21-3-2-10(13(19)20)16-11(17)6-4-8(14)9(15)5-7(6)12(16)18/h4-5,10H,2-3H2,1H3,(H,19,20). The van der Waals surface area contributed by atoms with Crippen LogP contribution in [0.25, 0.3) is 0 Å². The quantitative estimate of drug-likeness (QED) is 0.838. The van der Waals surface area contributed by atoms with Gasteiger partial charge in [-0.25, -0.2) is 13.6 Å². The minimum atomic E-state index is -1.35. The summed E-state index contributed by atoms with van der Waals surface area (Å²) in [7, 11) is 0. The second-order valence-electron chi connectivity index (χ2n) is 4.43. The van der Waals surface area contributed by atoms with E-state index >= 15 is 0 Å². The Kier molecular flexibility index (Phi) is 4.26. The van der Waals surface area contributed by atoms with Gasteiger partial charge in [0.05, 0.1) is 11.1 Å². The molecule has 1 aliphatic rings. The molecule has 21 heavy (non-hydrogen) atoms. The molecule has 112 valence electrons. The van der Waals surface area contributed by atoms with E-state index in [4.69, 9.17) is 0 Å². The lowest BCUT2D eigenvalue weighted by molar-refractivity contribution is -0.141. The molecule has 2 amide bonds. The molecule has 0 saturated heterocycles. The molecule has 0 spiro atoms. The molecule has 1 N–H and O–H groups in total. The third-order valence-corrected chi connectivity index (χ3v) is 3.79. The van der Waals surface area contributed by atoms with Gasteiger partial charge < -0.3 is 5.11 Å². The van der Waals surface area contributed by atoms with Crippen molar-refractivity contribution in [3.8, 4) is 0 Å². The Balaban J connectivity index is 2.42. The van der Waals surface area contributed by atoms with Crippen LogP contribution in [0.2, 0.25) is 0 Å². The van der Waals surface area contributed by atoms with Crippen molar-refractivity contribution in [2.75, 3.05) is 12.0 Å². The molecule has 1 heterocycles. The molecule has 8 heteroatoms. The largest absolute Gasteiger partial charge is 0.480 e. The third-order valence-electron chi connectivity index (χ3n) is 3.15. The zero-order chi connectivity index (χ0) is 15.7. The summed E-state index contributed by atoms with van der Waals surface area (Å²) in [6.07, 6.45) is 1.82. The van der Waals surface area contributed by atoms with E-state index in [1.54, 1.807) is 6.26 Å². The number of hydrogen-bond acceptors (Lipinski definition) is 4. The number of nitrogens with zero attached hydrogens (tertiary/aromatic N) is 1. The molecule has 1 unspecified atom stereocenters. The Morgan fingerprint density at radius 1 is 1.24 bits per heavy atom. The van der Waals surface area contributed by atoms with Crippen LogP contribution in [-0.2, 0) is 4.79 Å². The fraction of sp³-hybridized carbons (Fsp3) is 0.308. The van der Waals surface area contributed by atoms with Crippen molar-refractivity contribution in [1.29, 1.82) is 0 Å². The van der Waals surface area contributed by atoms with Gasteiger partial charge in [-0.1, -0.05) is 0 Å². The van der Waals surface area contributed by atoms with Crippen LogP contribution in [0.5, 0.6) is 0 Å². The Bertz CT molecular complexity index is 594. The summed E-state index contributed by atoms with van der Waals surface area (Å²) in [4.78, 5) is 36.1. The lowest BCUT2D eigenvalue weighted by Gasteiger charge is -2.22. The summed E-state index contributed by atoms with van der Waals surface area (Å²) in [6, 6.07) is -0.104.